The summed E-state index contributed by atoms with van der Waals surface area (Å²) in [5, 5.41) is 13.3. The van der Waals surface area contributed by atoms with Crippen molar-refractivity contribution in [2.24, 2.45) is 0 Å². The van der Waals surface area contributed by atoms with Crippen LogP contribution in [-0.4, -0.2) is 10.1 Å². The van der Waals surface area contributed by atoms with E-state index >= 15 is 0 Å². The van der Waals surface area contributed by atoms with E-state index in [0.717, 1.165) is 22.4 Å². The third-order valence-corrected chi connectivity index (χ3v) is 2.94. The summed E-state index contributed by atoms with van der Waals surface area (Å²) in [4.78, 5) is 4.28. The number of aromatic nitrogens is 1. The third-order valence-electron chi connectivity index (χ3n) is 2.94. The Labute approximate surface area is 110 Å². The Bertz CT molecular complexity index is 691. The standard InChI is InChI=1S/C15H14N2O2/c18-10-14-5-4-13(19-14)9-17-12-3-6-15-11(8-12)2-1-7-16-15/h1-8,17-18H,9-10H2. The van der Waals surface area contributed by atoms with Gasteiger partial charge in [-0.15, -0.1) is 0 Å². The third kappa shape index (κ3) is 2.58. The molecule has 0 aliphatic rings. The van der Waals surface area contributed by atoms with Crippen LogP contribution in [0.1, 0.15) is 11.5 Å². The number of pyridine rings is 1. The fourth-order valence-electron chi connectivity index (χ4n) is 1.98. The number of hydrogen-bond acceptors (Lipinski definition) is 4. The van der Waals surface area contributed by atoms with Gasteiger partial charge in [0.05, 0.1) is 12.1 Å². The van der Waals surface area contributed by atoms with Crippen molar-refractivity contribution >= 4 is 16.6 Å². The lowest BCUT2D eigenvalue weighted by Crippen LogP contribution is -1.98. The Balaban J connectivity index is 1.74. The van der Waals surface area contributed by atoms with Gasteiger partial charge in [0.1, 0.15) is 18.1 Å². The molecule has 3 rings (SSSR count). The van der Waals surface area contributed by atoms with Crippen LogP contribution in [0.4, 0.5) is 5.69 Å². The number of anilines is 1. The van der Waals surface area contributed by atoms with Gasteiger partial charge in [0, 0.05) is 17.3 Å². The number of nitrogens with one attached hydrogen (secondary N) is 1. The van der Waals surface area contributed by atoms with Crippen LogP contribution in [0.25, 0.3) is 10.9 Å². The van der Waals surface area contributed by atoms with E-state index in [4.69, 9.17) is 9.52 Å². The Hall–Kier alpha value is -2.33. The molecule has 0 saturated heterocycles. The van der Waals surface area contributed by atoms with Crippen molar-refractivity contribution in [1.29, 1.82) is 0 Å². The normalized spacial score (nSPS) is 10.8. The number of aliphatic hydroxyl groups is 1. The van der Waals surface area contributed by atoms with Crippen molar-refractivity contribution in [1.82, 2.24) is 4.98 Å². The maximum atomic E-state index is 8.93. The number of furan rings is 1. The van der Waals surface area contributed by atoms with Crippen molar-refractivity contribution < 1.29 is 9.52 Å². The first-order valence-corrected chi connectivity index (χ1v) is 6.12. The minimum atomic E-state index is -0.0678. The fraction of sp³-hybridized carbons (Fsp3) is 0.133. The minimum absolute atomic E-state index is 0.0678. The van der Waals surface area contributed by atoms with Crippen molar-refractivity contribution in [3.63, 3.8) is 0 Å². The average Bonchev–Trinajstić information content (AvgIpc) is 2.93. The van der Waals surface area contributed by atoms with Crippen LogP contribution < -0.4 is 5.32 Å². The summed E-state index contributed by atoms with van der Waals surface area (Å²) in [6.45, 7) is 0.521. The molecule has 2 N–H and O–H groups in total. The second-order valence-corrected chi connectivity index (χ2v) is 4.29. The Kier molecular flexibility index (Phi) is 3.16. The van der Waals surface area contributed by atoms with Gasteiger partial charge < -0.3 is 14.8 Å². The lowest BCUT2D eigenvalue weighted by Gasteiger charge is -2.05. The van der Waals surface area contributed by atoms with E-state index in [1.165, 1.54) is 0 Å². The fourth-order valence-corrected chi connectivity index (χ4v) is 1.98. The average molecular weight is 254 g/mol. The molecule has 0 unspecified atom stereocenters. The van der Waals surface area contributed by atoms with Gasteiger partial charge in [0.25, 0.3) is 0 Å². The zero-order valence-electron chi connectivity index (χ0n) is 10.3. The molecule has 0 amide bonds. The van der Waals surface area contributed by atoms with E-state index in [9.17, 15) is 0 Å². The molecule has 1 aromatic carbocycles. The molecule has 19 heavy (non-hydrogen) atoms. The predicted molar refractivity (Wildman–Crippen MR) is 73.7 cm³/mol. The quantitative estimate of drug-likeness (QED) is 0.751. The van der Waals surface area contributed by atoms with Gasteiger partial charge >= 0.3 is 0 Å². The number of fused-ring (bicyclic) bond motifs is 1. The van der Waals surface area contributed by atoms with E-state index in [-0.39, 0.29) is 6.61 Å². The van der Waals surface area contributed by atoms with Gasteiger partial charge in [0.2, 0.25) is 0 Å². The number of benzene rings is 1. The molecule has 0 atom stereocenters. The van der Waals surface area contributed by atoms with Gasteiger partial charge in [-0.3, -0.25) is 4.98 Å². The molecule has 2 heterocycles. The van der Waals surface area contributed by atoms with Crippen molar-refractivity contribution in [3.8, 4) is 0 Å². The molecule has 3 aromatic rings. The highest BCUT2D eigenvalue weighted by atomic mass is 16.4. The molecule has 0 aliphatic carbocycles. The molecule has 0 bridgehead atoms. The van der Waals surface area contributed by atoms with E-state index in [1.54, 1.807) is 12.3 Å². The molecule has 96 valence electrons. The van der Waals surface area contributed by atoms with E-state index < -0.39 is 0 Å². The van der Waals surface area contributed by atoms with Gasteiger partial charge in [0.15, 0.2) is 0 Å². The van der Waals surface area contributed by atoms with Crippen molar-refractivity contribution in [2.45, 2.75) is 13.2 Å². The molecular formula is C15H14N2O2. The zero-order valence-corrected chi connectivity index (χ0v) is 10.3. The second-order valence-electron chi connectivity index (χ2n) is 4.29. The smallest absolute Gasteiger partial charge is 0.129 e. The predicted octanol–water partition coefficient (Wildman–Crippen LogP) is 2.93. The van der Waals surface area contributed by atoms with Crippen molar-refractivity contribution in [3.05, 3.63) is 60.2 Å². The summed E-state index contributed by atoms with van der Waals surface area (Å²) in [5.41, 5.74) is 2.00. The lowest BCUT2D eigenvalue weighted by molar-refractivity contribution is 0.244. The largest absolute Gasteiger partial charge is 0.462 e. The summed E-state index contributed by atoms with van der Waals surface area (Å²) in [6, 6.07) is 13.6. The molecule has 4 heteroatoms. The number of rotatable bonds is 4. The van der Waals surface area contributed by atoms with E-state index in [2.05, 4.69) is 16.4 Å². The molecule has 0 radical (unpaired) electrons. The van der Waals surface area contributed by atoms with Crippen molar-refractivity contribution in [2.75, 3.05) is 5.32 Å². The molecule has 0 spiro atoms. The van der Waals surface area contributed by atoms with Crippen LogP contribution >= 0.6 is 0 Å². The first-order valence-electron chi connectivity index (χ1n) is 6.12. The summed E-state index contributed by atoms with van der Waals surface area (Å²) >= 11 is 0. The lowest BCUT2D eigenvalue weighted by atomic mass is 10.2. The molecule has 2 aromatic heterocycles. The monoisotopic (exact) mass is 254 g/mol. The Morgan fingerprint density at radius 2 is 2.00 bits per heavy atom. The topological polar surface area (TPSA) is 58.3 Å². The zero-order chi connectivity index (χ0) is 13.1. The summed E-state index contributed by atoms with van der Waals surface area (Å²) in [5.74, 6) is 1.38. The molecule has 0 aliphatic heterocycles. The summed E-state index contributed by atoms with van der Waals surface area (Å²) < 4.78 is 5.42. The van der Waals surface area contributed by atoms with E-state index in [1.807, 2.05) is 30.3 Å². The maximum absolute atomic E-state index is 8.93. The van der Waals surface area contributed by atoms with Crippen LogP contribution in [0.3, 0.4) is 0 Å². The highest BCUT2D eigenvalue weighted by Gasteiger charge is 2.01. The van der Waals surface area contributed by atoms with Gasteiger partial charge in [-0.25, -0.2) is 0 Å². The number of aliphatic hydroxyl groups excluding tert-OH is 1. The van der Waals surface area contributed by atoms with Gasteiger partial charge in [-0.1, -0.05) is 6.07 Å². The Morgan fingerprint density at radius 3 is 2.84 bits per heavy atom. The van der Waals surface area contributed by atoms with Gasteiger partial charge in [-0.05, 0) is 36.4 Å². The number of hydrogen-bond donors (Lipinski definition) is 2. The number of nitrogens with zero attached hydrogens (tertiary/aromatic N) is 1. The second kappa shape index (κ2) is 5.12. The molecule has 4 nitrogen and oxygen atoms in total. The highest BCUT2D eigenvalue weighted by Crippen LogP contribution is 2.18. The molecule has 0 fully saturated rings. The molecule has 0 saturated carbocycles. The first kappa shape index (κ1) is 11.7. The van der Waals surface area contributed by atoms with Crippen LogP contribution in [0.2, 0.25) is 0 Å². The van der Waals surface area contributed by atoms with Crippen LogP contribution in [0.15, 0.2) is 53.1 Å². The summed E-state index contributed by atoms with van der Waals surface area (Å²) in [6.07, 6.45) is 1.79. The van der Waals surface area contributed by atoms with E-state index in [0.29, 0.717) is 12.3 Å². The SMILES string of the molecule is OCc1ccc(CNc2ccc3ncccc3c2)o1. The minimum Gasteiger partial charge on any atom is -0.462 e. The highest BCUT2D eigenvalue weighted by molar-refractivity contribution is 5.82. The first-order chi connectivity index (χ1) is 9.35. The maximum Gasteiger partial charge on any atom is 0.129 e. The Morgan fingerprint density at radius 1 is 1.11 bits per heavy atom. The van der Waals surface area contributed by atoms with Crippen LogP contribution in [0.5, 0.6) is 0 Å². The van der Waals surface area contributed by atoms with Crippen LogP contribution in [-0.2, 0) is 13.2 Å². The molecular weight excluding hydrogens is 240 g/mol. The van der Waals surface area contributed by atoms with Gasteiger partial charge in [-0.2, -0.15) is 0 Å². The summed E-state index contributed by atoms with van der Waals surface area (Å²) in [7, 11) is 0. The van der Waals surface area contributed by atoms with Crippen LogP contribution in [0, 0.1) is 0 Å².